The third kappa shape index (κ3) is 6.76. The zero-order valence-electron chi connectivity index (χ0n) is 20.7. The first-order valence-corrected chi connectivity index (χ1v) is 12.8. The molecule has 8 heteroatoms. The van der Waals surface area contributed by atoms with Gasteiger partial charge in [0, 0.05) is 6.54 Å². The minimum absolute atomic E-state index is 0.00228. The van der Waals surface area contributed by atoms with Crippen LogP contribution < -0.4 is 19.1 Å². The van der Waals surface area contributed by atoms with Gasteiger partial charge in [-0.3, -0.25) is 9.10 Å². The Morgan fingerprint density at radius 1 is 0.943 bits per heavy atom. The number of aryl methyl sites for hydroxylation is 2. The maximum Gasteiger partial charge on any atom is 0.264 e. The van der Waals surface area contributed by atoms with Crippen molar-refractivity contribution >= 4 is 21.6 Å². The number of anilines is 1. The standard InChI is InChI=1S/C27H32N2O5S/c1-19(2)34-25-14-11-22(16-26(25)33-5)17-28-27(30)18-29(23-8-6-7-21(4)15-23)35(31,32)24-12-9-20(3)10-13-24/h6-16,19H,17-18H2,1-5H3,(H,28,30). The van der Waals surface area contributed by atoms with E-state index in [4.69, 9.17) is 9.47 Å². The van der Waals surface area contributed by atoms with Gasteiger partial charge in [-0.25, -0.2) is 8.42 Å². The molecule has 1 amide bonds. The molecule has 1 N–H and O–H groups in total. The number of nitrogens with one attached hydrogen (secondary N) is 1. The van der Waals surface area contributed by atoms with Gasteiger partial charge in [0.25, 0.3) is 10.0 Å². The van der Waals surface area contributed by atoms with Crippen LogP contribution >= 0.6 is 0 Å². The zero-order valence-corrected chi connectivity index (χ0v) is 21.6. The molecule has 0 unspecified atom stereocenters. The molecule has 0 atom stereocenters. The molecule has 0 heterocycles. The van der Waals surface area contributed by atoms with Crippen LogP contribution in [0.15, 0.2) is 71.6 Å². The summed E-state index contributed by atoms with van der Waals surface area (Å²) in [6.07, 6.45) is -0.00228. The first-order valence-electron chi connectivity index (χ1n) is 11.4. The Morgan fingerprint density at radius 3 is 2.29 bits per heavy atom. The van der Waals surface area contributed by atoms with Crippen LogP contribution in [-0.4, -0.2) is 34.1 Å². The Labute approximate surface area is 207 Å². The van der Waals surface area contributed by atoms with E-state index in [0.29, 0.717) is 17.2 Å². The summed E-state index contributed by atoms with van der Waals surface area (Å²) in [6, 6.07) is 19.1. The fourth-order valence-corrected chi connectivity index (χ4v) is 4.91. The van der Waals surface area contributed by atoms with Crippen LogP contribution in [-0.2, 0) is 21.4 Å². The van der Waals surface area contributed by atoms with Crippen LogP contribution in [0.4, 0.5) is 5.69 Å². The number of rotatable bonds is 10. The molecular formula is C27H32N2O5S. The summed E-state index contributed by atoms with van der Waals surface area (Å²) in [5.41, 5.74) is 3.07. The maximum absolute atomic E-state index is 13.5. The Bertz CT molecular complexity index is 1270. The lowest BCUT2D eigenvalue weighted by Gasteiger charge is -2.24. The van der Waals surface area contributed by atoms with E-state index in [1.54, 1.807) is 61.7 Å². The van der Waals surface area contributed by atoms with E-state index in [2.05, 4.69) is 5.32 Å². The van der Waals surface area contributed by atoms with Gasteiger partial charge in [-0.15, -0.1) is 0 Å². The second-order valence-electron chi connectivity index (χ2n) is 8.59. The van der Waals surface area contributed by atoms with Crippen molar-refractivity contribution in [2.75, 3.05) is 18.0 Å². The molecule has 3 aromatic rings. The van der Waals surface area contributed by atoms with E-state index in [1.165, 1.54) is 0 Å². The minimum atomic E-state index is -3.96. The molecule has 0 aliphatic rings. The average Bonchev–Trinajstić information content (AvgIpc) is 2.81. The number of sulfonamides is 1. The average molecular weight is 497 g/mol. The van der Waals surface area contributed by atoms with E-state index in [9.17, 15) is 13.2 Å². The zero-order chi connectivity index (χ0) is 25.6. The Kier molecular flexibility index (Phi) is 8.40. The molecule has 186 valence electrons. The lowest BCUT2D eigenvalue weighted by Crippen LogP contribution is -2.40. The van der Waals surface area contributed by atoms with E-state index >= 15 is 0 Å². The normalized spacial score (nSPS) is 11.3. The molecule has 0 aliphatic heterocycles. The quantitative estimate of drug-likeness (QED) is 0.443. The molecule has 3 rings (SSSR count). The number of benzene rings is 3. The predicted octanol–water partition coefficient (Wildman–Crippen LogP) is 4.61. The second kappa shape index (κ2) is 11.3. The van der Waals surface area contributed by atoms with Crippen molar-refractivity contribution in [3.05, 3.63) is 83.4 Å². The molecule has 35 heavy (non-hydrogen) atoms. The molecule has 0 saturated heterocycles. The second-order valence-corrected chi connectivity index (χ2v) is 10.5. The van der Waals surface area contributed by atoms with Gasteiger partial charge >= 0.3 is 0 Å². The summed E-state index contributed by atoms with van der Waals surface area (Å²) in [6.45, 7) is 7.48. The van der Waals surface area contributed by atoms with Crippen LogP contribution in [0.3, 0.4) is 0 Å². The van der Waals surface area contributed by atoms with Gasteiger partial charge in [-0.2, -0.15) is 0 Å². The van der Waals surface area contributed by atoms with Crippen LogP contribution in [0.2, 0.25) is 0 Å². The van der Waals surface area contributed by atoms with Gasteiger partial charge < -0.3 is 14.8 Å². The van der Waals surface area contributed by atoms with Gasteiger partial charge in [-0.1, -0.05) is 35.9 Å². The van der Waals surface area contributed by atoms with Crippen molar-refractivity contribution in [1.29, 1.82) is 0 Å². The Morgan fingerprint density at radius 2 is 1.66 bits per heavy atom. The molecule has 0 aliphatic carbocycles. The van der Waals surface area contributed by atoms with Crippen LogP contribution in [0.1, 0.15) is 30.5 Å². The Hall–Kier alpha value is -3.52. The van der Waals surface area contributed by atoms with Gasteiger partial charge in [0.15, 0.2) is 11.5 Å². The van der Waals surface area contributed by atoms with E-state index < -0.39 is 15.9 Å². The summed E-state index contributed by atoms with van der Waals surface area (Å²) in [5, 5.41) is 2.82. The predicted molar refractivity (Wildman–Crippen MR) is 137 cm³/mol. The van der Waals surface area contributed by atoms with E-state index in [0.717, 1.165) is 21.0 Å². The van der Waals surface area contributed by atoms with Crippen molar-refractivity contribution < 1.29 is 22.7 Å². The highest BCUT2D eigenvalue weighted by atomic mass is 32.2. The number of hydrogen-bond donors (Lipinski definition) is 1. The molecule has 7 nitrogen and oxygen atoms in total. The van der Waals surface area contributed by atoms with E-state index in [-0.39, 0.29) is 24.1 Å². The molecule has 0 aromatic heterocycles. The minimum Gasteiger partial charge on any atom is -0.493 e. The first kappa shape index (κ1) is 26.1. The van der Waals surface area contributed by atoms with Crippen molar-refractivity contribution in [1.82, 2.24) is 5.32 Å². The smallest absolute Gasteiger partial charge is 0.264 e. The first-order chi connectivity index (χ1) is 16.6. The summed E-state index contributed by atoms with van der Waals surface area (Å²) < 4.78 is 39.3. The molecular weight excluding hydrogens is 464 g/mol. The molecule has 0 spiro atoms. The molecule has 0 fully saturated rings. The number of carbonyl (C=O) groups excluding carboxylic acids is 1. The lowest BCUT2D eigenvalue weighted by atomic mass is 10.2. The third-order valence-electron chi connectivity index (χ3n) is 5.27. The maximum atomic E-state index is 13.5. The fraction of sp³-hybridized carbons (Fsp3) is 0.296. The highest BCUT2D eigenvalue weighted by Gasteiger charge is 2.27. The highest BCUT2D eigenvalue weighted by Crippen LogP contribution is 2.29. The van der Waals surface area contributed by atoms with Crippen molar-refractivity contribution in [2.45, 2.75) is 45.2 Å². The fourth-order valence-electron chi connectivity index (χ4n) is 3.50. The molecule has 0 saturated carbocycles. The van der Waals surface area contributed by atoms with Gasteiger partial charge in [0.1, 0.15) is 6.54 Å². The van der Waals surface area contributed by atoms with Crippen molar-refractivity contribution in [3.8, 4) is 11.5 Å². The van der Waals surface area contributed by atoms with Gasteiger partial charge in [-0.05, 0) is 75.2 Å². The van der Waals surface area contributed by atoms with Gasteiger partial charge in [0.05, 0.1) is 23.8 Å². The molecule has 0 bridgehead atoms. The highest BCUT2D eigenvalue weighted by molar-refractivity contribution is 7.92. The summed E-state index contributed by atoms with van der Waals surface area (Å²) in [4.78, 5) is 13.0. The third-order valence-corrected chi connectivity index (χ3v) is 7.05. The number of amides is 1. The summed E-state index contributed by atoms with van der Waals surface area (Å²) in [5.74, 6) is 0.754. The van der Waals surface area contributed by atoms with E-state index in [1.807, 2.05) is 39.8 Å². The summed E-state index contributed by atoms with van der Waals surface area (Å²) >= 11 is 0. The van der Waals surface area contributed by atoms with Crippen molar-refractivity contribution in [2.24, 2.45) is 0 Å². The van der Waals surface area contributed by atoms with Crippen LogP contribution in [0.5, 0.6) is 11.5 Å². The van der Waals surface area contributed by atoms with Crippen LogP contribution in [0, 0.1) is 13.8 Å². The number of nitrogens with zero attached hydrogens (tertiary/aromatic N) is 1. The van der Waals surface area contributed by atoms with Gasteiger partial charge in [0.2, 0.25) is 5.91 Å². The number of hydrogen-bond acceptors (Lipinski definition) is 5. The molecule has 0 radical (unpaired) electrons. The number of methoxy groups -OCH3 is 1. The topological polar surface area (TPSA) is 84.9 Å². The monoisotopic (exact) mass is 496 g/mol. The number of carbonyl (C=O) groups is 1. The summed E-state index contributed by atoms with van der Waals surface area (Å²) in [7, 11) is -2.40. The SMILES string of the molecule is COc1cc(CNC(=O)CN(c2cccc(C)c2)S(=O)(=O)c2ccc(C)cc2)ccc1OC(C)C. The largest absolute Gasteiger partial charge is 0.493 e. The molecule has 3 aromatic carbocycles. The van der Waals surface area contributed by atoms with Crippen LogP contribution in [0.25, 0.3) is 0 Å². The van der Waals surface area contributed by atoms with Crippen molar-refractivity contribution in [3.63, 3.8) is 0 Å². The lowest BCUT2D eigenvalue weighted by molar-refractivity contribution is -0.119. The number of ether oxygens (including phenoxy) is 2. The Balaban J connectivity index is 1.80.